The van der Waals surface area contributed by atoms with E-state index in [2.05, 4.69) is 58.5 Å². The minimum atomic E-state index is -0.240. The topological polar surface area (TPSA) is 67.1 Å². The summed E-state index contributed by atoms with van der Waals surface area (Å²) in [7, 11) is 0. The third kappa shape index (κ3) is 3.85. The normalized spacial score (nSPS) is 10.3. The first-order valence-corrected chi connectivity index (χ1v) is 8.33. The fraction of sp³-hybridized carbons (Fsp3) is 0.0714. The Morgan fingerprint density at radius 3 is 2.29 bits per heavy atom. The Labute approximate surface area is 147 Å². The molecule has 0 radical (unpaired) electrons. The Hall–Kier alpha value is -0.890. The van der Waals surface area contributed by atoms with Gasteiger partial charge >= 0.3 is 0 Å². The third-order valence-electron chi connectivity index (χ3n) is 2.82. The molecule has 0 fully saturated rings. The highest BCUT2D eigenvalue weighted by molar-refractivity contribution is 9.11. The summed E-state index contributed by atoms with van der Waals surface area (Å²) in [5, 5.41) is 2.87. The lowest BCUT2D eigenvalue weighted by molar-refractivity contribution is 0.102. The van der Waals surface area contributed by atoms with Gasteiger partial charge in [0, 0.05) is 13.4 Å². The van der Waals surface area contributed by atoms with Crippen molar-refractivity contribution >= 4 is 65.1 Å². The summed E-state index contributed by atoms with van der Waals surface area (Å²) in [5.74, 6) is 5.22. The SMILES string of the molecule is Cc1ccc(NN)c(C(=O)Nc2c(Br)cc(Br)cc2Br)c1. The molecule has 0 aliphatic heterocycles. The molecule has 0 aliphatic rings. The maximum atomic E-state index is 12.5. The number of rotatable bonds is 3. The number of nitrogens with one attached hydrogen (secondary N) is 2. The molecule has 110 valence electrons. The lowest BCUT2D eigenvalue weighted by Crippen LogP contribution is -2.18. The van der Waals surface area contributed by atoms with E-state index in [0.29, 0.717) is 16.9 Å². The van der Waals surface area contributed by atoms with E-state index in [9.17, 15) is 4.79 Å². The second-order valence-electron chi connectivity index (χ2n) is 4.39. The number of benzene rings is 2. The molecule has 0 spiro atoms. The highest BCUT2D eigenvalue weighted by atomic mass is 79.9. The van der Waals surface area contributed by atoms with Gasteiger partial charge in [0.1, 0.15) is 0 Å². The number of carbonyl (C=O) groups is 1. The van der Waals surface area contributed by atoms with Crippen LogP contribution in [0.2, 0.25) is 0 Å². The maximum absolute atomic E-state index is 12.5. The predicted octanol–water partition coefficient (Wildman–Crippen LogP) is 4.82. The van der Waals surface area contributed by atoms with Crippen LogP contribution in [0.1, 0.15) is 15.9 Å². The van der Waals surface area contributed by atoms with Crippen molar-refractivity contribution in [3.05, 3.63) is 54.9 Å². The predicted molar refractivity (Wildman–Crippen MR) is 96.5 cm³/mol. The monoisotopic (exact) mass is 475 g/mol. The highest BCUT2D eigenvalue weighted by Gasteiger charge is 2.15. The molecule has 2 aromatic carbocycles. The van der Waals surface area contributed by atoms with Crippen molar-refractivity contribution < 1.29 is 4.79 Å². The largest absolute Gasteiger partial charge is 0.323 e. The van der Waals surface area contributed by atoms with Crippen LogP contribution in [0.15, 0.2) is 43.7 Å². The van der Waals surface area contributed by atoms with Gasteiger partial charge in [0.05, 0.1) is 16.9 Å². The summed E-state index contributed by atoms with van der Waals surface area (Å²) in [5.41, 5.74) is 5.23. The van der Waals surface area contributed by atoms with Crippen molar-refractivity contribution in [1.29, 1.82) is 0 Å². The lowest BCUT2D eigenvalue weighted by atomic mass is 10.1. The molecule has 0 aromatic heterocycles. The van der Waals surface area contributed by atoms with Crippen LogP contribution >= 0.6 is 47.8 Å². The highest BCUT2D eigenvalue weighted by Crippen LogP contribution is 2.35. The zero-order valence-corrected chi connectivity index (χ0v) is 15.8. The first kappa shape index (κ1) is 16.5. The molecule has 0 atom stereocenters. The molecule has 7 heteroatoms. The van der Waals surface area contributed by atoms with Gasteiger partial charge in [-0.2, -0.15) is 0 Å². The average Bonchev–Trinajstić information content (AvgIpc) is 2.42. The van der Waals surface area contributed by atoms with Crippen LogP contribution in [0.25, 0.3) is 0 Å². The Balaban J connectivity index is 2.37. The van der Waals surface area contributed by atoms with Gasteiger partial charge in [0.2, 0.25) is 0 Å². The summed E-state index contributed by atoms with van der Waals surface area (Å²) in [6.45, 7) is 1.92. The molecule has 4 N–H and O–H groups in total. The van der Waals surface area contributed by atoms with Gasteiger partial charge in [-0.3, -0.25) is 10.6 Å². The molecular formula is C14H12Br3N3O. The van der Waals surface area contributed by atoms with E-state index in [0.717, 1.165) is 19.0 Å². The van der Waals surface area contributed by atoms with E-state index in [4.69, 9.17) is 5.84 Å². The first-order valence-electron chi connectivity index (χ1n) is 5.95. The van der Waals surface area contributed by atoms with Crippen LogP contribution < -0.4 is 16.6 Å². The molecule has 0 unspecified atom stereocenters. The lowest BCUT2D eigenvalue weighted by Gasteiger charge is -2.13. The number of hydrogen-bond acceptors (Lipinski definition) is 3. The van der Waals surface area contributed by atoms with Crippen LogP contribution in [-0.2, 0) is 0 Å². The maximum Gasteiger partial charge on any atom is 0.257 e. The number of anilines is 2. The molecule has 0 heterocycles. The summed E-state index contributed by atoms with van der Waals surface area (Å²) in [6, 6.07) is 9.16. The molecule has 0 bridgehead atoms. The first-order chi connectivity index (χ1) is 9.92. The van der Waals surface area contributed by atoms with Gasteiger partial charge in [-0.05, 0) is 63.0 Å². The smallest absolute Gasteiger partial charge is 0.257 e. The Morgan fingerprint density at radius 2 is 1.71 bits per heavy atom. The number of nitrogen functional groups attached to an aromatic ring is 1. The van der Waals surface area contributed by atoms with Crippen LogP contribution in [0.5, 0.6) is 0 Å². The number of carbonyl (C=O) groups excluding carboxylic acids is 1. The number of nitrogens with two attached hydrogens (primary N) is 1. The number of halogens is 3. The summed E-state index contributed by atoms with van der Waals surface area (Å²) < 4.78 is 2.44. The van der Waals surface area contributed by atoms with E-state index in [1.807, 2.05) is 25.1 Å². The zero-order chi connectivity index (χ0) is 15.6. The van der Waals surface area contributed by atoms with E-state index in [-0.39, 0.29) is 5.91 Å². The Bertz CT molecular complexity index is 681. The van der Waals surface area contributed by atoms with Crippen molar-refractivity contribution in [2.75, 3.05) is 10.7 Å². The fourth-order valence-electron chi connectivity index (χ4n) is 1.81. The van der Waals surface area contributed by atoms with Gasteiger partial charge in [-0.25, -0.2) is 0 Å². The van der Waals surface area contributed by atoms with Gasteiger partial charge < -0.3 is 10.7 Å². The van der Waals surface area contributed by atoms with Crippen LogP contribution in [0.4, 0.5) is 11.4 Å². The zero-order valence-electron chi connectivity index (χ0n) is 11.0. The number of amides is 1. The van der Waals surface area contributed by atoms with E-state index >= 15 is 0 Å². The van der Waals surface area contributed by atoms with Gasteiger partial charge in [0.15, 0.2) is 0 Å². The molecule has 2 rings (SSSR count). The Morgan fingerprint density at radius 1 is 1.10 bits per heavy atom. The number of hydrogen-bond donors (Lipinski definition) is 3. The quantitative estimate of drug-likeness (QED) is 0.438. The van der Waals surface area contributed by atoms with Crippen LogP contribution in [0, 0.1) is 6.92 Å². The minimum absolute atomic E-state index is 0.240. The van der Waals surface area contributed by atoms with E-state index in [1.54, 1.807) is 12.1 Å². The molecule has 0 aliphatic carbocycles. The van der Waals surface area contributed by atoms with Crippen LogP contribution in [-0.4, -0.2) is 5.91 Å². The van der Waals surface area contributed by atoms with Crippen molar-refractivity contribution in [3.8, 4) is 0 Å². The number of hydrazine groups is 1. The molecule has 0 saturated heterocycles. The molecule has 0 saturated carbocycles. The molecule has 1 amide bonds. The van der Waals surface area contributed by atoms with Gasteiger partial charge in [-0.15, -0.1) is 0 Å². The standard InChI is InChI=1S/C14H12Br3N3O/c1-7-2-3-12(20-18)9(4-7)14(21)19-13-10(16)5-8(15)6-11(13)17/h2-6,20H,18H2,1H3,(H,19,21). The van der Waals surface area contributed by atoms with Crippen molar-refractivity contribution in [2.24, 2.45) is 5.84 Å². The van der Waals surface area contributed by atoms with E-state index < -0.39 is 0 Å². The van der Waals surface area contributed by atoms with Crippen molar-refractivity contribution in [3.63, 3.8) is 0 Å². The molecule has 4 nitrogen and oxygen atoms in total. The fourth-order valence-corrected chi connectivity index (χ4v) is 4.27. The van der Waals surface area contributed by atoms with Crippen molar-refractivity contribution in [2.45, 2.75) is 6.92 Å². The summed E-state index contributed by atoms with van der Waals surface area (Å²) >= 11 is 10.3. The molecule has 21 heavy (non-hydrogen) atoms. The molecule has 2 aromatic rings. The second-order valence-corrected chi connectivity index (χ2v) is 7.02. The van der Waals surface area contributed by atoms with Gasteiger partial charge in [0.25, 0.3) is 5.91 Å². The average molecular weight is 478 g/mol. The summed E-state index contributed by atoms with van der Waals surface area (Å²) in [4.78, 5) is 12.5. The summed E-state index contributed by atoms with van der Waals surface area (Å²) in [6.07, 6.45) is 0. The van der Waals surface area contributed by atoms with E-state index in [1.165, 1.54) is 0 Å². The minimum Gasteiger partial charge on any atom is -0.323 e. The van der Waals surface area contributed by atoms with Crippen molar-refractivity contribution in [1.82, 2.24) is 0 Å². The Kier molecular flexibility index (Phi) is 5.43. The number of aryl methyl sites for hydroxylation is 1. The second kappa shape index (κ2) is 6.91. The third-order valence-corrected chi connectivity index (χ3v) is 4.53. The molecular weight excluding hydrogens is 466 g/mol. The van der Waals surface area contributed by atoms with Crippen LogP contribution in [0.3, 0.4) is 0 Å². The van der Waals surface area contributed by atoms with Gasteiger partial charge in [-0.1, -0.05) is 27.6 Å².